The van der Waals surface area contributed by atoms with E-state index in [1.165, 1.54) is 0 Å². The standard InChI is InChI=1S/C37H44N3O4.ClH/c1-7-38(8-2)26-15-17-31-33(23-26)44-34-24-27(39(9-3)10-4)16-18-32(34)35(31)29-13-11-12-14-30(29)36(41)40-21-19-28(20-22-40)43-37(42)25(5)6;/h11-18,23-24,28H,5,7-10,19-22H2,1-4,6H3;1H/q+1;/p-1. The summed E-state index contributed by atoms with van der Waals surface area (Å²) >= 11 is 0. The molecule has 45 heavy (non-hydrogen) atoms. The molecule has 0 bridgehead atoms. The van der Waals surface area contributed by atoms with Crippen molar-refractivity contribution in [2.24, 2.45) is 0 Å². The second kappa shape index (κ2) is 14.8. The van der Waals surface area contributed by atoms with Gasteiger partial charge in [0.05, 0.1) is 6.07 Å². The molecule has 3 aliphatic rings. The van der Waals surface area contributed by atoms with Crippen LogP contribution in [0, 0.1) is 0 Å². The van der Waals surface area contributed by atoms with Crippen molar-refractivity contribution in [3.63, 3.8) is 0 Å². The fraction of sp³-hybridized carbons (Fsp3) is 0.378. The molecule has 0 saturated carbocycles. The predicted octanol–water partition coefficient (Wildman–Crippen LogP) is 3.59. The van der Waals surface area contributed by atoms with E-state index in [4.69, 9.17) is 9.15 Å². The Labute approximate surface area is 272 Å². The van der Waals surface area contributed by atoms with Crippen LogP contribution in [0.15, 0.2) is 77.2 Å². The molecular weight excluding hydrogens is 586 g/mol. The van der Waals surface area contributed by atoms with Gasteiger partial charge in [0, 0.05) is 84.5 Å². The lowest BCUT2D eigenvalue weighted by molar-refractivity contribution is -0.146. The molecule has 2 heterocycles. The summed E-state index contributed by atoms with van der Waals surface area (Å²) in [7, 11) is 0. The smallest absolute Gasteiger partial charge is 0.333 e. The van der Waals surface area contributed by atoms with E-state index in [1.807, 2.05) is 29.2 Å². The van der Waals surface area contributed by atoms with Gasteiger partial charge in [-0.1, -0.05) is 24.8 Å². The number of hydrogen-bond acceptors (Lipinski definition) is 5. The summed E-state index contributed by atoms with van der Waals surface area (Å²) in [6, 6.07) is 20.7. The van der Waals surface area contributed by atoms with Gasteiger partial charge in [0.25, 0.3) is 5.91 Å². The zero-order chi connectivity index (χ0) is 31.4. The Bertz CT molecular complexity index is 1730. The second-order valence-corrected chi connectivity index (χ2v) is 11.4. The lowest BCUT2D eigenvalue weighted by atomic mass is 9.90. The van der Waals surface area contributed by atoms with Crippen molar-refractivity contribution in [3.8, 4) is 22.5 Å². The van der Waals surface area contributed by atoms with Gasteiger partial charge in [-0.3, -0.25) is 4.79 Å². The fourth-order valence-electron chi connectivity index (χ4n) is 6.22. The number of rotatable bonds is 9. The quantitative estimate of drug-likeness (QED) is 0.123. The van der Waals surface area contributed by atoms with Crippen LogP contribution >= 0.6 is 0 Å². The van der Waals surface area contributed by atoms with E-state index in [2.05, 4.69) is 80.1 Å². The minimum atomic E-state index is -0.373. The number of piperidine rings is 1. The van der Waals surface area contributed by atoms with Gasteiger partial charge in [-0.05, 0) is 64.4 Å². The molecule has 0 N–H and O–H groups in total. The Morgan fingerprint density at radius 2 is 1.64 bits per heavy atom. The minimum Gasteiger partial charge on any atom is -1.00 e. The van der Waals surface area contributed by atoms with Gasteiger partial charge in [-0.15, -0.1) is 0 Å². The molecule has 0 atom stereocenters. The molecule has 2 aromatic carbocycles. The molecule has 1 saturated heterocycles. The highest BCUT2D eigenvalue weighted by molar-refractivity contribution is 6.09. The Morgan fingerprint density at radius 3 is 2.29 bits per heavy atom. The molecule has 0 unspecified atom stereocenters. The maximum Gasteiger partial charge on any atom is 0.333 e. The number of halogens is 1. The average molecular weight is 630 g/mol. The molecule has 1 aliphatic carbocycles. The number of nitrogens with zero attached hydrogens (tertiary/aromatic N) is 3. The highest BCUT2D eigenvalue weighted by Gasteiger charge is 2.29. The summed E-state index contributed by atoms with van der Waals surface area (Å²) < 4.78 is 14.5. The lowest BCUT2D eigenvalue weighted by Gasteiger charge is -2.32. The van der Waals surface area contributed by atoms with E-state index in [1.54, 1.807) is 6.92 Å². The van der Waals surface area contributed by atoms with Gasteiger partial charge in [0.15, 0.2) is 0 Å². The van der Waals surface area contributed by atoms with Crippen LogP contribution in [0.4, 0.5) is 5.69 Å². The van der Waals surface area contributed by atoms with Crippen LogP contribution in [-0.4, -0.2) is 62.1 Å². The van der Waals surface area contributed by atoms with Crippen molar-refractivity contribution < 1.29 is 31.2 Å². The normalized spacial score (nSPS) is 13.4. The van der Waals surface area contributed by atoms with Crippen molar-refractivity contribution >= 4 is 28.5 Å². The number of fused-ring (bicyclic) bond motifs is 2. The van der Waals surface area contributed by atoms with Gasteiger partial charge < -0.3 is 31.4 Å². The number of anilines is 1. The number of carbonyl (C=O) groups excluding carboxylic acids is 2. The second-order valence-electron chi connectivity index (χ2n) is 11.4. The third-order valence-electron chi connectivity index (χ3n) is 8.72. The van der Waals surface area contributed by atoms with Crippen molar-refractivity contribution in [2.45, 2.75) is 53.6 Å². The maximum atomic E-state index is 14.1. The molecule has 7 nitrogen and oxygen atoms in total. The van der Waals surface area contributed by atoms with Crippen molar-refractivity contribution in [1.82, 2.24) is 9.48 Å². The number of carbonyl (C=O) groups is 2. The van der Waals surface area contributed by atoms with Crippen LogP contribution in [-0.2, 0) is 9.53 Å². The molecule has 0 aromatic heterocycles. The third-order valence-corrected chi connectivity index (χ3v) is 8.72. The number of hydrogen-bond donors (Lipinski definition) is 0. The number of likely N-dealkylation sites (tertiary alicyclic amines) is 1. The SMILES string of the molecule is C=C(C)C(=O)OC1CCN(C(=O)c2ccccc2-c2c3ccc(=[N+](CC)CC)cc-3oc3cc(N(CC)CC)ccc23)CC1.[Cl-]. The summed E-state index contributed by atoms with van der Waals surface area (Å²) in [5.74, 6) is 0.393. The first-order valence-corrected chi connectivity index (χ1v) is 15.9. The highest BCUT2D eigenvalue weighted by Crippen LogP contribution is 2.42. The van der Waals surface area contributed by atoms with E-state index >= 15 is 0 Å². The first-order chi connectivity index (χ1) is 21.3. The number of esters is 1. The van der Waals surface area contributed by atoms with Gasteiger partial charge in [-0.25, -0.2) is 9.37 Å². The van der Waals surface area contributed by atoms with E-state index in [9.17, 15) is 9.59 Å². The fourth-order valence-corrected chi connectivity index (χ4v) is 6.22. The zero-order valence-corrected chi connectivity index (χ0v) is 27.8. The molecule has 1 amide bonds. The summed E-state index contributed by atoms with van der Waals surface area (Å²) in [6.07, 6.45) is 0.999. The minimum absolute atomic E-state index is 0. The van der Waals surface area contributed by atoms with Crippen molar-refractivity contribution in [2.75, 3.05) is 44.2 Å². The summed E-state index contributed by atoms with van der Waals surface area (Å²) in [5.41, 5.74) is 5.78. The molecule has 2 aliphatic heterocycles. The molecular formula is C37H44ClN3O4. The van der Waals surface area contributed by atoms with Crippen LogP contribution in [0.5, 0.6) is 0 Å². The lowest BCUT2D eigenvalue weighted by Crippen LogP contribution is -3.00. The van der Waals surface area contributed by atoms with Crippen LogP contribution < -0.4 is 27.2 Å². The summed E-state index contributed by atoms with van der Waals surface area (Å²) in [6.45, 7) is 18.6. The van der Waals surface area contributed by atoms with E-state index < -0.39 is 0 Å². The Morgan fingerprint density at radius 1 is 0.956 bits per heavy atom. The zero-order valence-electron chi connectivity index (χ0n) is 27.1. The monoisotopic (exact) mass is 629 g/mol. The number of amides is 1. The topological polar surface area (TPSA) is 66.0 Å². The van der Waals surface area contributed by atoms with Crippen LogP contribution in [0.2, 0.25) is 0 Å². The molecule has 5 rings (SSSR count). The Balaban J connectivity index is 0.00000461. The molecule has 0 radical (unpaired) electrons. The molecule has 8 heteroatoms. The van der Waals surface area contributed by atoms with Crippen LogP contribution in [0.25, 0.3) is 33.4 Å². The average Bonchev–Trinajstić information content (AvgIpc) is 3.04. The van der Waals surface area contributed by atoms with Crippen LogP contribution in [0.1, 0.15) is 57.8 Å². The Hall–Kier alpha value is -4.10. The van der Waals surface area contributed by atoms with Gasteiger partial charge in [0.2, 0.25) is 5.36 Å². The predicted molar refractivity (Wildman–Crippen MR) is 178 cm³/mol. The molecule has 2 aromatic rings. The molecule has 1 fully saturated rings. The summed E-state index contributed by atoms with van der Waals surface area (Å²) in [5, 5.41) is 2.07. The molecule has 0 spiro atoms. The first kappa shape index (κ1) is 33.8. The van der Waals surface area contributed by atoms with Gasteiger partial charge in [0.1, 0.15) is 30.5 Å². The maximum absolute atomic E-state index is 14.1. The van der Waals surface area contributed by atoms with Crippen LogP contribution in [0.3, 0.4) is 0 Å². The van der Waals surface area contributed by atoms with E-state index in [0.717, 1.165) is 70.6 Å². The van der Waals surface area contributed by atoms with Crippen molar-refractivity contribution in [3.05, 3.63) is 83.7 Å². The largest absolute Gasteiger partial charge is 1.00 e. The molecule has 238 valence electrons. The highest BCUT2D eigenvalue weighted by atomic mass is 35.5. The van der Waals surface area contributed by atoms with Crippen molar-refractivity contribution in [1.29, 1.82) is 0 Å². The van der Waals surface area contributed by atoms with E-state index in [-0.39, 0.29) is 30.4 Å². The Kier molecular flexibility index (Phi) is 11.1. The summed E-state index contributed by atoms with van der Waals surface area (Å²) in [4.78, 5) is 30.3. The third kappa shape index (κ3) is 6.94. The number of ether oxygens (including phenoxy) is 1. The van der Waals surface area contributed by atoms with E-state index in [0.29, 0.717) is 37.1 Å². The van der Waals surface area contributed by atoms with Gasteiger partial charge in [-0.2, -0.15) is 0 Å². The van der Waals surface area contributed by atoms with Gasteiger partial charge >= 0.3 is 5.97 Å². The first-order valence-electron chi connectivity index (χ1n) is 15.9. The number of benzene rings is 3.